The first-order chi connectivity index (χ1) is 17.3. The molecular weight excluding hydrogens is 430 g/mol. The number of fused-ring (bicyclic) bond motifs is 3. The Balaban J connectivity index is 1.29. The molecule has 0 aliphatic carbocycles. The van der Waals surface area contributed by atoms with Crippen molar-refractivity contribution < 1.29 is 4.74 Å². The summed E-state index contributed by atoms with van der Waals surface area (Å²) in [5.41, 5.74) is 8.84. The molecule has 0 fully saturated rings. The normalized spacial score (nSPS) is 13.4. The summed E-state index contributed by atoms with van der Waals surface area (Å²) in [5.74, 6) is 2.54. The number of aromatic nitrogens is 1. The van der Waals surface area contributed by atoms with Gasteiger partial charge in [-0.2, -0.15) is 0 Å². The smallest absolute Gasteiger partial charge is 0.155 e. The van der Waals surface area contributed by atoms with Gasteiger partial charge in [-0.3, -0.25) is 0 Å². The Morgan fingerprint density at radius 3 is 2.09 bits per heavy atom. The number of para-hydroxylation sites is 4. The van der Waals surface area contributed by atoms with E-state index >= 15 is 0 Å². The number of nitrogens with zero attached hydrogens (tertiary/aromatic N) is 3. The van der Waals surface area contributed by atoms with Crippen molar-refractivity contribution in [1.29, 1.82) is 0 Å². The summed E-state index contributed by atoms with van der Waals surface area (Å²) in [7, 11) is 0. The quantitative estimate of drug-likeness (QED) is 0.274. The van der Waals surface area contributed by atoms with Gasteiger partial charge in [0.1, 0.15) is 0 Å². The third-order valence-corrected chi connectivity index (χ3v) is 6.53. The number of anilines is 3. The molecule has 3 heterocycles. The van der Waals surface area contributed by atoms with Crippen LogP contribution in [0.2, 0.25) is 0 Å². The molecule has 0 spiro atoms. The molecule has 0 atom stereocenters. The first-order valence-electron chi connectivity index (χ1n) is 11.7. The molecule has 7 rings (SSSR count). The Labute approximate surface area is 203 Å². The summed E-state index contributed by atoms with van der Waals surface area (Å²) in [4.78, 5) is 11.5. The minimum Gasteiger partial charge on any atom is -0.453 e. The van der Waals surface area contributed by atoms with Crippen LogP contribution in [-0.2, 0) is 6.42 Å². The lowest BCUT2D eigenvalue weighted by molar-refractivity contribution is 0.477. The van der Waals surface area contributed by atoms with Gasteiger partial charge in [-0.15, -0.1) is 0 Å². The summed E-state index contributed by atoms with van der Waals surface area (Å²) in [5, 5.41) is 0. The fourth-order valence-corrected chi connectivity index (χ4v) is 4.87. The molecule has 4 nitrogen and oxygen atoms in total. The first-order valence-corrected chi connectivity index (χ1v) is 11.7. The number of rotatable bonds is 3. The van der Waals surface area contributed by atoms with Gasteiger partial charge in [-0.25, -0.2) is 9.98 Å². The number of aliphatic imine (C=N–C) groups is 1. The van der Waals surface area contributed by atoms with Crippen LogP contribution in [0.15, 0.2) is 120 Å². The van der Waals surface area contributed by atoms with Crippen LogP contribution in [0.25, 0.3) is 11.1 Å². The molecule has 0 saturated carbocycles. The fourth-order valence-electron chi connectivity index (χ4n) is 4.87. The van der Waals surface area contributed by atoms with Crippen molar-refractivity contribution in [2.45, 2.75) is 6.42 Å². The molecule has 1 aromatic heterocycles. The van der Waals surface area contributed by atoms with Crippen molar-refractivity contribution >= 4 is 28.6 Å². The van der Waals surface area contributed by atoms with Crippen LogP contribution in [-0.4, -0.2) is 10.7 Å². The van der Waals surface area contributed by atoms with Gasteiger partial charge in [-0.05, 0) is 65.2 Å². The van der Waals surface area contributed by atoms with Crippen LogP contribution in [0.4, 0.5) is 22.9 Å². The van der Waals surface area contributed by atoms with E-state index in [0.29, 0.717) is 0 Å². The summed E-state index contributed by atoms with van der Waals surface area (Å²) < 4.78 is 6.18. The van der Waals surface area contributed by atoms with Gasteiger partial charge in [0.25, 0.3) is 0 Å². The average Bonchev–Trinajstić information content (AvgIpc) is 3.36. The molecule has 4 aromatic carbocycles. The van der Waals surface area contributed by atoms with Crippen LogP contribution in [0.1, 0.15) is 11.1 Å². The second-order valence-electron chi connectivity index (χ2n) is 8.73. The minimum absolute atomic E-state index is 0.814. The van der Waals surface area contributed by atoms with Gasteiger partial charge >= 0.3 is 0 Å². The number of hydrogen-bond acceptors (Lipinski definition) is 4. The monoisotopic (exact) mass is 451 g/mol. The van der Waals surface area contributed by atoms with Gasteiger partial charge in [0.15, 0.2) is 17.3 Å². The molecule has 166 valence electrons. The Kier molecular flexibility index (Phi) is 4.49. The first kappa shape index (κ1) is 19.7. The number of ether oxygens (including phenoxy) is 1. The summed E-state index contributed by atoms with van der Waals surface area (Å²) in [6, 6.07) is 37.7. The molecule has 2 aliphatic heterocycles. The molecule has 0 unspecified atom stereocenters. The Morgan fingerprint density at radius 1 is 0.629 bits per heavy atom. The molecule has 4 heteroatoms. The van der Waals surface area contributed by atoms with Crippen molar-refractivity contribution in [2.75, 3.05) is 4.90 Å². The van der Waals surface area contributed by atoms with Crippen LogP contribution < -0.4 is 9.64 Å². The highest BCUT2D eigenvalue weighted by molar-refractivity contribution is 6.06. The lowest BCUT2D eigenvalue weighted by Gasteiger charge is -2.33. The second kappa shape index (κ2) is 7.96. The van der Waals surface area contributed by atoms with E-state index in [-0.39, 0.29) is 0 Å². The number of pyridine rings is 1. The molecule has 0 saturated heterocycles. The number of benzene rings is 4. The Hall–Kier alpha value is -4.70. The molecule has 5 aromatic rings. The van der Waals surface area contributed by atoms with E-state index in [0.717, 1.165) is 63.2 Å². The number of hydrogen-bond donors (Lipinski definition) is 0. The fraction of sp³-hybridized carbons (Fsp3) is 0.0323. The van der Waals surface area contributed by atoms with E-state index in [9.17, 15) is 0 Å². The lowest BCUT2D eigenvalue weighted by atomic mass is 9.98. The largest absolute Gasteiger partial charge is 0.453 e. The maximum absolute atomic E-state index is 6.18. The third-order valence-electron chi connectivity index (χ3n) is 6.53. The van der Waals surface area contributed by atoms with Crippen LogP contribution >= 0.6 is 0 Å². The summed E-state index contributed by atoms with van der Waals surface area (Å²) >= 11 is 0. The molecule has 2 aliphatic rings. The van der Waals surface area contributed by atoms with Gasteiger partial charge in [-0.1, -0.05) is 60.7 Å². The predicted octanol–water partition coefficient (Wildman–Crippen LogP) is 8.00. The van der Waals surface area contributed by atoms with Crippen molar-refractivity contribution in [3.63, 3.8) is 0 Å². The SMILES string of the molecule is c1cc(C2=Nc3ncccc3C2)cc(-c2cccc(N3c4ccccc4Oc4ccccc43)c2)c1. The third kappa shape index (κ3) is 3.39. The Bertz CT molecular complexity index is 1580. The van der Waals surface area contributed by atoms with E-state index < -0.39 is 0 Å². The molecular formula is C31H21N3O. The topological polar surface area (TPSA) is 37.7 Å². The van der Waals surface area contributed by atoms with Crippen molar-refractivity contribution in [3.8, 4) is 22.6 Å². The zero-order valence-corrected chi connectivity index (χ0v) is 18.9. The van der Waals surface area contributed by atoms with E-state index in [1.807, 2.05) is 42.5 Å². The Morgan fingerprint density at radius 2 is 1.31 bits per heavy atom. The van der Waals surface area contributed by atoms with Gasteiger partial charge in [0.05, 0.1) is 17.1 Å². The molecule has 35 heavy (non-hydrogen) atoms. The highest BCUT2D eigenvalue weighted by atomic mass is 16.5. The predicted molar refractivity (Wildman–Crippen MR) is 141 cm³/mol. The van der Waals surface area contributed by atoms with Crippen LogP contribution in [0.3, 0.4) is 0 Å². The molecule has 0 bridgehead atoms. The zero-order chi connectivity index (χ0) is 23.2. The van der Waals surface area contributed by atoms with Crippen molar-refractivity contribution in [1.82, 2.24) is 4.98 Å². The maximum Gasteiger partial charge on any atom is 0.155 e. The van der Waals surface area contributed by atoms with Crippen molar-refractivity contribution in [3.05, 3.63) is 127 Å². The van der Waals surface area contributed by atoms with Gasteiger partial charge in [0, 0.05) is 23.9 Å². The zero-order valence-electron chi connectivity index (χ0n) is 18.9. The van der Waals surface area contributed by atoms with E-state index in [2.05, 4.69) is 76.6 Å². The average molecular weight is 452 g/mol. The maximum atomic E-state index is 6.18. The minimum atomic E-state index is 0.814. The highest BCUT2D eigenvalue weighted by Gasteiger charge is 2.25. The lowest BCUT2D eigenvalue weighted by Crippen LogP contribution is -2.15. The molecule has 0 amide bonds. The van der Waals surface area contributed by atoms with E-state index in [1.165, 1.54) is 5.56 Å². The summed E-state index contributed by atoms with van der Waals surface area (Å²) in [6.45, 7) is 0. The highest BCUT2D eigenvalue weighted by Crippen LogP contribution is 2.50. The van der Waals surface area contributed by atoms with Crippen LogP contribution in [0.5, 0.6) is 11.5 Å². The van der Waals surface area contributed by atoms with Gasteiger partial charge in [0.2, 0.25) is 0 Å². The standard InChI is InChI=1S/C31H21N3O/c1-3-15-29-27(13-1)34(28-14-2-4-16-30(28)35-29)25-12-6-9-22(19-25)21-8-5-10-23(18-21)26-20-24-11-7-17-32-31(24)33-26/h1-19H,20H2. The molecule has 0 radical (unpaired) electrons. The second-order valence-corrected chi connectivity index (χ2v) is 8.73. The van der Waals surface area contributed by atoms with E-state index in [1.54, 1.807) is 6.20 Å². The van der Waals surface area contributed by atoms with E-state index in [4.69, 9.17) is 9.73 Å². The summed E-state index contributed by atoms with van der Waals surface area (Å²) in [6.07, 6.45) is 2.61. The van der Waals surface area contributed by atoms with Crippen molar-refractivity contribution in [2.24, 2.45) is 4.99 Å². The van der Waals surface area contributed by atoms with Gasteiger partial charge < -0.3 is 9.64 Å². The molecule has 0 N–H and O–H groups in total. The van der Waals surface area contributed by atoms with Crippen LogP contribution in [0, 0.1) is 0 Å².